The largest absolute Gasteiger partial charge is 0.494 e. The first kappa shape index (κ1) is 34.5. The minimum atomic E-state index is -1.01. The lowest BCUT2D eigenvalue weighted by molar-refractivity contribution is 0.0543. The fraction of sp³-hybridized carbons (Fsp3) is 0.395. The molecule has 0 aliphatic heterocycles. The van der Waals surface area contributed by atoms with E-state index in [2.05, 4.69) is 32.2 Å². The number of fused-ring (bicyclic) bond motifs is 1. The number of hydrogen-bond acceptors (Lipinski definition) is 5. The summed E-state index contributed by atoms with van der Waals surface area (Å²) in [6.45, 7) is 10.5. The molecule has 3 aromatic carbocycles. The summed E-state index contributed by atoms with van der Waals surface area (Å²) >= 11 is 8.28. The number of thiophene rings is 1. The maximum absolute atomic E-state index is 14.6. The lowest BCUT2D eigenvalue weighted by Gasteiger charge is -2.43. The van der Waals surface area contributed by atoms with Crippen molar-refractivity contribution >= 4 is 50.8 Å². The molecular weight excluding hydrogens is 632 g/mol. The standard InChI is InChI=1S/C38H43ClN2O5S/c1-6-46-31-20-17-27(25-13-11-24(12-14-25)23(2)42)21-28(31)22-41(36(43)34-33(39)30-9-7-8-10-32(30)47-34)29-18-15-26(16-19-29)35(38(3,4)5)40-37(44)45/h7-14,17,20-21,26,29,35,40H,6,15-16,18-19,22H2,1-5H3,(H,44,45). The number of benzene rings is 3. The Hall–Kier alpha value is -3.88. The third kappa shape index (κ3) is 7.82. The molecule has 1 heterocycles. The van der Waals surface area contributed by atoms with Crippen molar-refractivity contribution in [2.24, 2.45) is 11.3 Å². The van der Waals surface area contributed by atoms with Gasteiger partial charge in [0.15, 0.2) is 5.78 Å². The number of carbonyl (C=O) groups is 3. The van der Waals surface area contributed by atoms with E-state index >= 15 is 0 Å². The lowest BCUT2D eigenvalue weighted by atomic mass is 9.72. The molecule has 7 nitrogen and oxygen atoms in total. The second-order valence-electron chi connectivity index (χ2n) is 13.4. The second-order valence-corrected chi connectivity index (χ2v) is 14.9. The maximum Gasteiger partial charge on any atom is 0.404 e. The van der Waals surface area contributed by atoms with Gasteiger partial charge in [-0.2, -0.15) is 0 Å². The summed E-state index contributed by atoms with van der Waals surface area (Å²) in [7, 11) is 0. The quantitative estimate of drug-likeness (QED) is 0.163. The summed E-state index contributed by atoms with van der Waals surface area (Å²) in [6.07, 6.45) is 2.05. The molecule has 0 bridgehead atoms. The average Bonchev–Trinajstić information content (AvgIpc) is 3.38. The molecule has 1 unspecified atom stereocenters. The van der Waals surface area contributed by atoms with Crippen molar-refractivity contribution in [3.8, 4) is 16.9 Å². The number of hydrogen-bond donors (Lipinski definition) is 2. The molecule has 9 heteroatoms. The molecule has 1 aliphatic rings. The van der Waals surface area contributed by atoms with Gasteiger partial charge in [-0.25, -0.2) is 4.79 Å². The van der Waals surface area contributed by atoms with E-state index in [-0.39, 0.29) is 35.1 Å². The summed E-state index contributed by atoms with van der Waals surface area (Å²) in [4.78, 5) is 40.6. The van der Waals surface area contributed by atoms with Crippen LogP contribution in [0, 0.1) is 11.3 Å². The predicted octanol–water partition coefficient (Wildman–Crippen LogP) is 9.71. The van der Waals surface area contributed by atoms with Crippen LogP contribution in [0.3, 0.4) is 0 Å². The smallest absolute Gasteiger partial charge is 0.404 e. The number of carboxylic acid groups (broad SMARTS) is 1. The molecule has 1 aromatic heterocycles. The van der Waals surface area contributed by atoms with E-state index in [9.17, 15) is 19.5 Å². The van der Waals surface area contributed by atoms with E-state index in [1.54, 1.807) is 6.92 Å². The number of rotatable bonds is 10. The van der Waals surface area contributed by atoms with Crippen LogP contribution < -0.4 is 10.1 Å². The molecule has 1 aliphatic carbocycles. The number of halogens is 1. The SMILES string of the molecule is CCOc1ccc(-c2ccc(C(C)=O)cc2)cc1CN(C(=O)c1sc2ccccc2c1Cl)C1CCC(C(NC(=O)O)C(C)(C)C)CC1. The molecule has 2 N–H and O–H groups in total. The Morgan fingerprint density at radius 3 is 2.26 bits per heavy atom. The number of nitrogens with one attached hydrogen (secondary N) is 1. The molecule has 1 saturated carbocycles. The van der Waals surface area contributed by atoms with Crippen LogP contribution in [0.5, 0.6) is 5.75 Å². The molecular formula is C38H43ClN2O5S. The summed E-state index contributed by atoms with van der Waals surface area (Å²) in [6, 6.07) is 21.1. The highest BCUT2D eigenvalue weighted by atomic mass is 35.5. The van der Waals surface area contributed by atoms with Crippen molar-refractivity contribution < 1.29 is 24.2 Å². The van der Waals surface area contributed by atoms with Gasteiger partial charge in [-0.05, 0) is 80.2 Å². The van der Waals surface area contributed by atoms with Crippen LogP contribution in [0.15, 0.2) is 66.7 Å². The van der Waals surface area contributed by atoms with Gasteiger partial charge in [0, 0.05) is 39.8 Å². The molecule has 0 radical (unpaired) electrons. The van der Waals surface area contributed by atoms with Gasteiger partial charge in [0.05, 0.1) is 11.6 Å². The number of carbonyl (C=O) groups excluding carboxylic acids is 2. The van der Waals surface area contributed by atoms with Crippen LogP contribution in [-0.2, 0) is 6.54 Å². The highest BCUT2D eigenvalue weighted by molar-refractivity contribution is 7.21. The zero-order valence-electron chi connectivity index (χ0n) is 27.6. The van der Waals surface area contributed by atoms with Gasteiger partial charge < -0.3 is 20.1 Å². The van der Waals surface area contributed by atoms with Gasteiger partial charge >= 0.3 is 6.09 Å². The van der Waals surface area contributed by atoms with Crippen LogP contribution in [0.1, 0.15) is 85.9 Å². The van der Waals surface area contributed by atoms with Crippen LogP contribution in [0.25, 0.3) is 21.2 Å². The van der Waals surface area contributed by atoms with Crippen LogP contribution in [-0.4, -0.2) is 46.5 Å². The molecule has 0 saturated heterocycles. The van der Waals surface area contributed by atoms with Crippen molar-refractivity contribution in [1.29, 1.82) is 0 Å². The Morgan fingerprint density at radius 2 is 1.66 bits per heavy atom. The summed E-state index contributed by atoms with van der Waals surface area (Å²) in [5.74, 6) is 0.770. The fourth-order valence-corrected chi connectivity index (χ4v) is 8.30. The van der Waals surface area contributed by atoms with Crippen LogP contribution in [0.4, 0.5) is 4.79 Å². The Bertz CT molecular complexity index is 1750. The number of Topliss-reactive ketones (excluding diaryl/α,β-unsaturated/α-hetero) is 1. The lowest BCUT2D eigenvalue weighted by Crippen LogP contribution is -2.50. The molecule has 47 heavy (non-hydrogen) atoms. The van der Waals surface area contributed by atoms with Crippen molar-refractivity contribution in [2.45, 2.75) is 78.9 Å². The Morgan fingerprint density at radius 1 is 1.00 bits per heavy atom. The van der Waals surface area contributed by atoms with E-state index in [0.717, 1.165) is 52.5 Å². The van der Waals surface area contributed by atoms with E-state index in [1.165, 1.54) is 11.3 Å². The minimum absolute atomic E-state index is 0.0141. The second kappa shape index (κ2) is 14.5. The van der Waals surface area contributed by atoms with Crippen molar-refractivity contribution in [2.75, 3.05) is 6.61 Å². The molecule has 0 spiro atoms. The summed E-state index contributed by atoms with van der Waals surface area (Å²) in [5.41, 5.74) is 3.21. The Kier molecular flexibility index (Phi) is 10.6. The van der Waals surface area contributed by atoms with Crippen LogP contribution >= 0.6 is 22.9 Å². The highest BCUT2D eigenvalue weighted by Gasteiger charge is 2.38. The van der Waals surface area contributed by atoms with Crippen molar-refractivity contribution in [3.05, 3.63) is 87.8 Å². The van der Waals surface area contributed by atoms with Crippen LogP contribution in [0.2, 0.25) is 5.02 Å². The molecule has 4 aromatic rings. The van der Waals surface area contributed by atoms with Gasteiger partial charge in [0.1, 0.15) is 10.6 Å². The van der Waals surface area contributed by atoms with Crippen molar-refractivity contribution in [3.63, 3.8) is 0 Å². The first-order valence-corrected chi connectivity index (χ1v) is 17.4. The zero-order chi connectivity index (χ0) is 33.9. The molecule has 1 fully saturated rings. The van der Waals surface area contributed by atoms with E-state index in [4.69, 9.17) is 16.3 Å². The Labute approximate surface area is 285 Å². The van der Waals surface area contributed by atoms with E-state index < -0.39 is 6.09 Å². The van der Waals surface area contributed by atoms with E-state index in [1.807, 2.05) is 72.5 Å². The van der Waals surface area contributed by atoms with Crippen molar-refractivity contribution in [1.82, 2.24) is 10.2 Å². The summed E-state index contributed by atoms with van der Waals surface area (Å²) < 4.78 is 7.04. The van der Waals surface area contributed by atoms with E-state index in [0.29, 0.717) is 34.4 Å². The normalized spacial score (nSPS) is 17.2. The zero-order valence-corrected chi connectivity index (χ0v) is 29.2. The van der Waals surface area contributed by atoms with Gasteiger partial charge in [-0.15, -0.1) is 11.3 Å². The first-order chi connectivity index (χ1) is 22.4. The average molecular weight is 675 g/mol. The highest BCUT2D eigenvalue weighted by Crippen LogP contribution is 2.41. The fourth-order valence-electron chi connectivity index (χ4n) is 6.83. The third-order valence-corrected chi connectivity index (χ3v) is 10.8. The third-order valence-electron chi connectivity index (χ3n) is 9.18. The number of nitrogens with zero attached hydrogens (tertiary/aromatic N) is 1. The number of ether oxygens (including phenoxy) is 1. The topological polar surface area (TPSA) is 95.9 Å². The van der Waals surface area contributed by atoms with Gasteiger partial charge in [-0.1, -0.05) is 80.9 Å². The van der Waals surface area contributed by atoms with Gasteiger partial charge in [0.2, 0.25) is 0 Å². The predicted molar refractivity (Wildman–Crippen MR) is 190 cm³/mol. The molecule has 5 rings (SSSR count). The monoisotopic (exact) mass is 674 g/mol. The molecule has 248 valence electrons. The number of ketones is 1. The maximum atomic E-state index is 14.6. The minimum Gasteiger partial charge on any atom is -0.494 e. The summed E-state index contributed by atoms with van der Waals surface area (Å²) in [5, 5.41) is 13.7. The first-order valence-electron chi connectivity index (χ1n) is 16.2. The van der Waals surface area contributed by atoms with Gasteiger partial charge in [-0.3, -0.25) is 9.59 Å². The molecule has 2 amide bonds. The Balaban J connectivity index is 1.51. The number of amides is 2. The van der Waals surface area contributed by atoms with Gasteiger partial charge in [0.25, 0.3) is 5.91 Å². The molecule has 1 atom stereocenters.